The van der Waals surface area contributed by atoms with E-state index in [1.807, 2.05) is 0 Å². The summed E-state index contributed by atoms with van der Waals surface area (Å²) in [5.41, 5.74) is 0.513. The maximum Gasteiger partial charge on any atom is 0.328 e. The molecule has 3 rings (SSSR count). The van der Waals surface area contributed by atoms with Crippen LogP contribution in [0.3, 0.4) is 0 Å². The minimum atomic E-state index is -0.484. The molecule has 0 saturated carbocycles. The van der Waals surface area contributed by atoms with E-state index < -0.39 is 11.2 Å². The number of nitrogens with one attached hydrogen (secondary N) is 2. The molecular formula is C16H16N6O4S. The van der Waals surface area contributed by atoms with Gasteiger partial charge in [0.2, 0.25) is 11.8 Å². The highest BCUT2D eigenvalue weighted by atomic mass is 32.2. The lowest BCUT2D eigenvalue weighted by atomic mass is 10.2. The number of rotatable bonds is 6. The van der Waals surface area contributed by atoms with Crippen molar-refractivity contribution in [2.24, 2.45) is 7.05 Å². The molecule has 0 bridgehead atoms. The first kappa shape index (κ1) is 18.6. The molecule has 11 heteroatoms. The Morgan fingerprint density at radius 3 is 2.93 bits per heavy atom. The van der Waals surface area contributed by atoms with Crippen molar-refractivity contribution in [3.05, 3.63) is 62.5 Å². The standard InChI is InChI=1S/C16H16N6O4S/c1-9-11(14(24)22(2)15(25)18-9)6-13-20-21-16(26-13)27-8-12(23)19-10-4-3-5-17-7-10/h3-5,7H,6,8H2,1-2H3,(H,18,25)(H,19,23). The van der Waals surface area contributed by atoms with Crippen molar-refractivity contribution in [2.75, 3.05) is 11.1 Å². The lowest BCUT2D eigenvalue weighted by Gasteiger charge is -2.04. The van der Waals surface area contributed by atoms with Crippen LogP contribution in [-0.2, 0) is 18.3 Å². The molecule has 0 atom stereocenters. The van der Waals surface area contributed by atoms with Crippen LogP contribution in [0, 0.1) is 6.92 Å². The summed E-state index contributed by atoms with van der Waals surface area (Å²) in [7, 11) is 1.39. The first-order valence-corrected chi connectivity index (χ1v) is 8.86. The van der Waals surface area contributed by atoms with E-state index in [0.717, 1.165) is 16.3 Å². The van der Waals surface area contributed by atoms with Crippen molar-refractivity contribution < 1.29 is 9.21 Å². The summed E-state index contributed by atoms with van der Waals surface area (Å²) in [5.74, 6) is 0.0613. The number of anilines is 1. The van der Waals surface area contributed by atoms with Gasteiger partial charge in [0.1, 0.15) is 0 Å². The third-order valence-electron chi connectivity index (χ3n) is 3.66. The van der Waals surface area contributed by atoms with E-state index in [1.54, 1.807) is 31.5 Å². The van der Waals surface area contributed by atoms with Crippen LogP contribution in [0.15, 0.2) is 43.8 Å². The molecule has 1 amide bonds. The Labute approximate surface area is 157 Å². The molecular weight excluding hydrogens is 372 g/mol. The largest absolute Gasteiger partial charge is 0.416 e. The minimum Gasteiger partial charge on any atom is -0.416 e. The molecule has 3 heterocycles. The number of aromatic amines is 1. The van der Waals surface area contributed by atoms with Gasteiger partial charge in [0, 0.05) is 24.5 Å². The smallest absolute Gasteiger partial charge is 0.328 e. The number of thioether (sulfide) groups is 1. The second-order valence-electron chi connectivity index (χ2n) is 5.61. The van der Waals surface area contributed by atoms with Gasteiger partial charge in [-0.15, -0.1) is 10.2 Å². The summed E-state index contributed by atoms with van der Waals surface area (Å²) in [5, 5.41) is 10.7. The Hall–Kier alpha value is -3.21. The van der Waals surface area contributed by atoms with Crippen molar-refractivity contribution in [1.29, 1.82) is 0 Å². The molecule has 10 nitrogen and oxygen atoms in total. The van der Waals surface area contributed by atoms with Gasteiger partial charge >= 0.3 is 5.69 Å². The first-order chi connectivity index (χ1) is 12.9. The summed E-state index contributed by atoms with van der Waals surface area (Å²) in [6.45, 7) is 1.63. The monoisotopic (exact) mass is 388 g/mol. The number of aryl methyl sites for hydroxylation is 1. The predicted molar refractivity (Wildman–Crippen MR) is 97.7 cm³/mol. The highest BCUT2D eigenvalue weighted by Crippen LogP contribution is 2.18. The number of aromatic nitrogens is 5. The number of H-pyrrole nitrogens is 1. The number of hydrogen-bond donors (Lipinski definition) is 2. The van der Waals surface area contributed by atoms with Crippen LogP contribution >= 0.6 is 11.8 Å². The number of nitrogens with zero attached hydrogens (tertiary/aromatic N) is 4. The van der Waals surface area contributed by atoms with Gasteiger partial charge in [-0.1, -0.05) is 11.8 Å². The average Bonchev–Trinajstić information content (AvgIpc) is 3.10. The first-order valence-electron chi connectivity index (χ1n) is 7.88. The number of carbonyl (C=O) groups is 1. The quantitative estimate of drug-likeness (QED) is 0.582. The molecule has 0 aliphatic rings. The second kappa shape index (κ2) is 7.99. The minimum absolute atomic E-state index is 0.0793. The molecule has 0 spiro atoms. The van der Waals surface area contributed by atoms with Crippen molar-refractivity contribution >= 4 is 23.4 Å². The average molecular weight is 388 g/mol. The Morgan fingerprint density at radius 1 is 1.37 bits per heavy atom. The van der Waals surface area contributed by atoms with Crippen molar-refractivity contribution in [2.45, 2.75) is 18.6 Å². The summed E-state index contributed by atoms with van der Waals surface area (Å²) < 4.78 is 6.46. The molecule has 0 saturated heterocycles. The van der Waals surface area contributed by atoms with E-state index in [-0.39, 0.29) is 29.2 Å². The molecule has 140 valence electrons. The van der Waals surface area contributed by atoms with Gasteiger partial charge in [0.25, 0.3) is 10.8 Å². The SMILES string of the molecule is Cc1[nH]c(=O)n(C)c(=O)c1Cc1nnc(SCC(=O)Nc2cccnc2)o1. The molecule has 0 radical (unpaired) electrons. The zero-order chi connectivity index (χ0) is 19.4. The number of hydrogen-bond acceptors (Lipinski definition) is 8. The molecule has 0 unspecified atom stereocenters. The van der Waals surface area contributed by atoms with Gasteiger partial charge in [-0.25, -0.2) is 4.79 Å². The lowest BCUT2D eigenvalue weighted by molar-refractivity contribution is -0.113. The summed E-state index contributed by atoms with van der Waals surface area (Å²) in [4.78, 5) is 42.2. The fraction of sp³-hybridized carbons (Fsp3) is 0.250. The molecule has 0 aromatic carbocycles. The summed E-state index contributed by atoms with van der Waals surface area (Å²) in [6.07, 6.45) is 3.24. The van der Waals surface area contributed by atoms with Gasteiger partial charge in [-0.2, -0.15) is 0 Å². The highest BCUT2D eigenvalue weighted by Gasteiger charge is 2.15. The number of amides is 1. The molecule has 0 aliphatic carbocycles. The number of pyridine rings is 1. The molecule has 3 aromatic heterocycles. The van der Waals surface area contributed by atoms with Crippen LogP contribution in [0.2, 0.25) is 0 Å². The van der Waals surface area contributed by atoms with E-state index in [4.69, 9.17) is 4.42 Å². The van der Waals surface area contributed by atoms with Gasteiger partial charge in [-0.3, -0.25) is 19.1 Å². The van der Waals surface area contributed by atoms with Gasteiger partial charge in [-0.05, 0) is 19.1 Å². The van der Waals surface area contributed by atoms with Crippen molar-refractivity contribution in [1.82, 2.24) is 24.7 Å². The van der Waals surface area contributed by atoms with Crippen LogP contribution in [0.4, 0.5) is 5.69 Å². The summed E-state index contributed by atoms with van der Waals surface area (Å²) >= 11 is 1.08. The zero-order valence-electron chi connectivity index (χ0n) is 14.6. The van der Waals surface area contributed by atoms with Crippen molar-refractivity contribution in [3.63, 3.8) is 0 Å². The molecule has 0 aliphatic heterocycles. The molecule has 2 N–H and O–H groups in total. The van der Waals surface area contributed by atoms with Crippen LogP contribution in [0.25, 0.3) is 0 Å². The fourth-order valence-corrected chi connectivity index (χ4v) is 2.84. The molecule has 0 fully saturated rings. The van der Waals surface area contributed by atoms with Crippen LogP contribution in [-0.4, -0.2) is 36.4 Å². The van der Waals surface area contributed by atoms with Crippen molar-refractivity contribution in [3.8, 4) is 0 Å². The fourth-order valence-electron chi connectivity index (χ4n) is 2.26. The highest BCUT2D eigenvalue weighted by molar-refractivity contribution is 7.99. The van der Waals surface area contributed by atoms with Crippen LogP contribution in [0.1, 0.15) is 17.1 Å². The summed E-state index contributed by atoms with van der Waals surface area (Å²) in [6, 6.07) is 3.45. The van der Waals surface area contributed by atoms with Gasteiger partial charge in [0.15, 0.2) is 0 Å². The maximum absolute atomic E-state index is 12.2. The Balaban J connectivity index is 1.62. The van der Waals surface area contributed by atoms with E-state index in [0.29, 0.717) is 16.9 Å². The maximum atomic E-state index is 12.2. The molecule has 27 heavy (non-hydrogen) atoms. The normalized spacial score (nSPS) is 10.7. The van der Waals surface area contributed by atoms with E-state index in [9.17, 15) is 14.4 Å². The molecule has 3 aromatic rings. The van der Waals surface area contributed by atoms with Gasteiger partial charge in [0.05, 0.1) is 24.1 Å². The van der Waals surface area contributed by atoms with E-state index in [2.05, 4.69) is 25.5 Å². The topological polar surface area (TPSA) is 136 Å². The lowest BCUT2D eigenvalue weighted by Crippen LogP contribution is -2.36. The van der Waals surface area contributed by atoms with Gasteiger partial charge < -0.3 is 14.7 Å². The number of carbonyl (C=O) groups excluding carboxylic acids is 1. The third-order valence-corrected chi connectivity index (χ3v) is 4.48. The third kappa shape index (κ3) is 4.50. The Bertz CT molecular complexity index is 1070. The van der Waals surface area contributed by atoms with Crippen LogP contribution in [0.5, 0.6) is 0 Å². The predicted octanol–water partition coefficient (Wildman–Crippen LogP) is 0.482. The zero-order valence-corrected chi connectivity index (χ0v) is 15.4. The van der Waals surface area contributed by atoms with E-state index in [1.165, 1.54) is 7.05 Å². The second-order valence-corrected chi connectivity index (χ2v) is 6.54. The van der Waals surface area contributed by atoms with E-state index >= 15 is 0 Å². The Morgan fingerprint density at radius 2 is 2.19 bits per heavy atom. The van der Waals surface area contributed by atoms with Crippen LogP contribution < -0.4 is 16.6 Å². The Kier molecular flexibility index (Phi) is 5.50.